The van der Waals surface area contributed by atoms with E-state index >= 15 is 0 Å². The second-order valence-electron chi connectivity index (χ2n) is 6.24. The van der Waals surface area contributed by atoms with Crippen LogP contribution in [0.1, 0.15) is 24.2 Å². The number of methoxy groups -OCH3 is 1. The Morgan fingerprint density at radius 1 is 1.55 bits per heavy atom. The molecule has 1 atom stereocenters. The lowest BCUT2D eigenvalue weighted by Crippen LogP contribution is -2.55. The van der Waals surface area contributed by atoms with Crippen molar-refractivity contribution < 1.29 is 14.3 Å². The van der Waals surface area contributed by atoms with Crippen LogP contribution in [-0.4, -0.2) is 59.3 Å². The minimum absolute atomic E-state index is 0.0184. The number of aromatic nitrogens is 2. The second-order valence-corrected chi connectivity index (χ2v) is 6.24. The molecule has 3 rings (SSSR count). The van der Waals surface area contributed by atoms with Gasteiger partial charge in [-0.15, -0.1) is 0 Å². The SMILES string of the molecule is COC[C@@H]1CN(C(=O)c2cccc3[nH]cnc23)CC(C)(C)O1. The van der Waals surface area contributed by atoms with Crippen molar-refractivity contribution in [3.05, 3.63) is 30.1 Å². The highest BCUT2D eigenvalue weighted by Crippen LogP contribution is 2.24. The van der Waals surface area contributed by atoms with E-state index in [0.717, 1.165) is 5.52 Å². The molecule has 1 aromatic carbocycles. The maximum absolute atomic E-state index is 12.9. The highest BCUT2D eigenvalue weighted by Gasteiger charge is 2.36. The molecule has 2 heterocycles. The summed E-state index contributed by atoms with van der Waals surface area (Å²) in [5, 5.41) is 0. The fraction of sp³-hybridized carbons (Fsp3) is 0.500. The number of benzene rings is 1. The molecular formula is C16H21N3O3. The number of rotatable bonds is 3. The van der Waals surface area contributed by atoms with Gasteiger partial charge in [0.25, 0.3) is 5.91 Å². The lowest BCUT2D eigenvalue weighted by atomic mass is 10.0. The van der Waals surface area contributed by atoms with Crippen LogP contribution in [0.15, 0.2) is 24.5 Å². The minimum atomic E-state index is -0.392. The molecule has 6 heteroatoms. The number of hydrogen-bond donors (Lipinski definition) is 1. The van der Waals surface area contributed by atoms with Crippen LogP contribution in [0.2, 0.25) is 0 Å². The normalized spacial score (nSPS) is 21.2. The van der Waals surface area contributed by atoms with E-state index in [4.69, 9.17) is 9.47 Å². The monoisotopic (exact) mass is 303 g/mol. The van der Waals surface area contributed by atoms with Crippen molar-refractivity contribution in [2.24, 2.45) is 0 Å². The quantitative estimate of drug-likeness (QED) is 0.939. The average molecular weight is 303 g/mol. The Bertz CT molecular complexity index is 680. The molecular weight excluding hydrogens is 282 g/mol. The highest BCUT2D eigenvalue weighted by atomic mass is 16.5. The summed E-state index contributed by atoms with van der Waals surface area (Å²) in [7, 11) is 1.64. The third-order valence-electron chi connectivity index (χ3n) is 3.80. The lowest BCUT2D eigenvalue weighted by Gasteiger charge is -2.42. The van der Waals surface area contributed by atoms with Gasteiger partial charge >= 0.3 is 0 Å². The first kappa shape index (κ1) is 15.0. The van der Waals surface area contributed by atoms with Gasteiger partial charge in [0.2, 0.25) is 0 Å². The standard InChI is InChI=1S/C16H21N3O3/c1-16(2)9-19(7-11(22-16)8-21-3)15(20)12-5-4-6-13-14(12)18-10-17-13/h4-6,10-11H,7-9H2,1-3H3,(H,17,18)/t11-/m0/s1. The van der Waals surface area contributed by atoms with E-state index in [0.29, 0.717) is 30.8 Å². The molecule has 118 valence electrons. The average Bonchev–Trinajstić information content (AvgIpc) is 2.93. The van der Waals surface area contributed by atoms with Crippen molar-refractivity contribution in [2.45, 2.75) is 25.6 Å². The van der Waals surface area contributed by atoms with E-state index in [2.05, 4.69) is 9.97 Å². The fourth-order valence-corrected chi connectivity index (χ4v) is 3.03. The molecule has 22 heavy (non-hydrogen) atoms. The van der Waals surface area contributed by atoms with Gasteiger partial charge in [-0.1, -0.05) is 6.07 Å². The van der Waals surface area contributed by atoms with Crippen LogP contribution in [0, 0.1) is 0 Å². The Labute approximate surface area is 129 Å². The zero-order valence-corrected chi connectivity index (χ0v) is 13.1. The Morgan fingerprint density at radius 3 is 3.14 bits per heavy atom. The fourth-order valence-electron chi connectivity index (χ4n) is 3.03. The number of nitrogens with zero attached hydrogens (tertiary/aromatic N) is 2. The Balaban J connectivity index is 1.89. The highest BCUT2D eigenvalue weighted by molar-refractivity contribution is 6.04. The first-order valence-corrected chi connectivity index (χ1v) is 7.38. The molecule has 0 radical (unpaired) electrons. The summed E-state index contributed by atoms with van der Waals surface area (Å²) < 4.78 is 11.1. The largest absolute Gasteiger partial charge is 0.382 e. The predicted molar refractivity (Wildman–Crippen MR) is 82.8 cm³/mol. The number of hydrogen-bond acceptors (Lipinski definition) is 4. The zero-order chi connectivity index (χ0) is 15.7. The van der Waals surface area contributed by atoms with Gasteiger partial charge in [0.05, 0.1) is 35.7 Å². The first-order valence-electron chi connectivity index (χ1n) is 7.38. The van der Waals surface area contributed by atoms with Gasteiger partial charge in [-0.25, -0.2) is 4.98 Å². The number of para-hydroxylation sites is 1. The molecule has 1 amide bonds. The Hall–Kier alpha value is -1.92. The number of amides is 1. The summed E-state index contributed by atoms with van der Waals surface area (Å²) in [6.45, 7) is 5.53. The molecule has 0 aliphatic carbocycles. The van der Waals surface area contributed by atoms with Crippen LogP contribution < -0.4 is 0 Å². The minimum Gasteiger partial charge on any atom is -0.382 e. The van der Waals surface area contributed by atoms with Crippen molar-refractivity contribution in [3.63, 3.8) is 0 Å². The molecule has 0 bridgehead atoms. The molecule has 1 saturated heterocycles. The molecule has 1 aliphatic heterocycles. The molecule has 1 aromatic heterocycles. The summed E-state index contributed by atoms with van der Waals surface area (Å²) in [6, 6.07) is 5.60. The zero-order valence-electron chi connectivity index (χ0n) is 13.1. The van der Waals surface area contributed by atoms with E-state index in [9.17, 15) is 4.79 Å². The van der Waals surface area contributed by atoms with Crippen molar-refractivity contribution >= 4 is 16.9 Å². The molecule has 0 unspecified atom stereocenters. The molecule has 1 fully saturated rings. The van der Waals surface area contributed by atoms with Crippen molar-refractivity contribution in [1.29, 1.82) is 0 Å². The van der Waals surface area contributed by atoms with Gasteiger partial charge in [-0.05, 0) is 26.0 Å². The number of ether oxygens (including phenoxy) is 2. The number of imidazole rings is 1. The van der Waals surface area contributed by atoms with Crippen molar-refractivity contribution in [3.8, 4) is 0 Å². The number of nitrogens with one attached hydrogen (secondary N) is 1. The molecule has 0 spiro atoms. The molecule has 6 nitrogen and oxygen atoms in total. The van der Waals surface area contributed by atoms with Gasteiger partial charge in [0, 0.05) is 20.2 Å². The maximum atomic E-state index is 12.9. The van der Waals surface area contributed by atoms with Crippen LogP contribution in [0.25, 0.3) is 11.0 Å². The summed E-state index contributed by atoms with van der Waals surface area (Å²) in [5.41, 5.74) is 1.80. The number of carbonyl (C=O) groups is 1. The maximum Gasteiger partial charge on any atom is 0.256 e. The molecule has 0 saturated carbocycles. The lowest BCUT2D eigenvalue weighted by molar-refractivity contribution is -0.143. The van der Waals surface area contributed by atoms with Gasteiger partial charge < -0.3 is 19.4 Å². The smallest absolute Gasteiger partial charge is 0.256 e. The number of H-pyrrole nitrogens is 1. The number of aromatic amines is 1. The summed E-state index contributed by atoms with van der Waals surface area (Å²) in [4.78, 5) is 22.1. The third-order valence-corrected chi connectivity index (χ3v) is 3.80. The Kier molecular flexibility index (Phi) is 3.88. The van der Waals surface area contributed by atoms with Gasteiger partial charge in [-0.2, -0.15) is 0 Å². The molecule has 1 aliphatic rings. The number of morpholine rings is 1. The Morgan fingerprint density at radius 2 is 2.36 bits per heavy atom. The van der Waals surface area contributed by atoms with Crippen molar-refractivity contribution in [2.75, 3.05) is 26.8 Å². The van der Waals surface area contributed by atoms with Crippen LogP contribution in [0.4, 0.5) is 0 Å². The summed E-state index contributed by atoms with van der Waals surface area (Å²) >= 11 is 0. The van der Waals surface area contributed by atoms with Gasteiger partial charge in [0.15, 0.2) is 0 Å². The molecule has 2 aromatic rings. The van der Waals surface area contributed by atoms with Gasteiger partial charge in [0.1, 0.15) is 5.52 Å². The van der Waals surface area contributed by atoms with Crippen LogP contribution in [-0.2, 0) is 9.47 Å². The number of fused-ring (bicyclic) bond motifs is 1. The van der Waals surface area contributed by atoms with E-state index in [1.807, 2.05) is 36.9 Å². The van der Waals surface area contributed by atoms with E-state index in [1.54, 1.807) is 13.4 Å². The van der Waals surface area contributed by atoms with E-state index in [1.165, 1.54) is 0 Å². The molecule has 1 N–H and O–H groups in total. The van der Waals surface area contributed by atoms with Crippen LogP contribution in [0.3, 0.4) is 0 Å². The van der Waals surface area contributed by atoms with Gasteiger partial charge in [-0.3, -0.25) is 4.79 Å². The second kappa shape index (κ2) is 5.70. The summed E-state index contributed by atoms with van der Waals surface area (Å²) in [5.74, 6) is -0.0184. The van der Waals surface area contributed by atoms with Crippen LogP contribution in [0.5, 0.6) is 0 Å². The van der Waals surface area contributed by atoms with Crippen LogP contribution >= 0.6 is 0 Å². The van der Waals surface area contributed by atoms with E-state index < -0.39 is 5.60 Å². The van der Waals surface area contributed by atoms with E-state index in [-0.39, 0.29) is 12.0 Å². The third kappa shape index (κ3) is 2.84. The van der Waals surface area contributed by atoms with Crippen molar-refractivity contribution in [1.82, 2.24) is 14.9 Å². The first-order chi connectivity index (χ1) is 10.5. The predicted octanol–water partition coefficient (Wildman–Crippen LogP) is 1.83. The number of carbonyl (C=O) groups excluding carboxylic acids is 1. The topological polar surface area (TPSA) is 67.5 Å². The summed E-state index contributed by atoms with van der Waals surface area (Å²) in [6.07, 6.45) is 1.49.